The molecule has 0 aliphatic carbocycles. The normalized spacial score (nSPS) is 31.4. The van der Waals surface area contributed by atoms with E-state index < -0.39 is 0 Å². The molecule has 0 spiro atoms. The van der Waals surface area contributed by atoms with E-state index in [0.29, 0.717) is 17.6 Å². The zero-order chi connectivity index (χ0) is 14.0. The Bertz CT molecular complexity index is 284. The Labute approximate surface area is 119 Å². The molecule has 3 nitrogen and oxygen atoms in total. The van der Waals surface area contributed by atoms with E-state index >= 15 is 0 Å². The van der Waals surface area contributed by atoms with Crippen LogP contribution in [0.15, 0.2) is 0 Å². The minimum absolute atomic E-state index is 0.326. The minimum atomic E-state index is 0.326. The summed E-state index contributed by atoms with van der Waals surface area (Å²) in [5, 5.41) is 3.83. The van der Waals surface area contributed by atoms with Crippen molar-refractivity contribution in [2.45, 2.75) is 77.5 Å². The number of fused-ring (bicyclic) bond motifs is 1. The van der Waals surface area contributed by atoms with Crippen molar-refractivity contribution in [1.29, 1.82) is 0 Å². The summed E-state index contributed by atoms with van der Waals surface area (Å²) in [6.45, 7) is 16.6. The maximum absolute atomic E-state index is 3.83. The van der Waals surface area contributed by atoms with Crippen LogP contribution in [0.25, 0.3) is 0 Å². The SMILES string of the molecule is CCCC(C)NC1CC2CN(C(C)(C)C)CCN2C1. The van der Waals surface area contributed by atoms with Crippen LogP contribution in [-0.4, -0.2) is 59.6 Å². The largest absolute Gasteiger partial charge is 0.310 e. The quantitative estimate of drug-likeness (QED) is 0.843. The molecule has 2 aliphatic heterocycles. The number of piperazine rings is 1. The molecule has 2 aliphatic rings. The van der Waals surface area contributed by atoms with Crippen LogP contribution in [-0.2, 0) is 0 Å². The van der Waals surface area contributed by atoms with Crippen molar-refractivity contribution in [3.8, 4) is 0 Å². The molecular formula is C16H33N3. The minimum Gasteiger partial charge on any atom is -0.310 e. The topological polar surface area (TPSA) is 18.5 Å². The van der Waals surface area contributed by atoms with E-state index in [2.05, 4.69) is 49.7 Å². The highest BCUT2D eigenvalue weighted by Crippen LogP contribution is 2.26. The summed E-state index contributed by atoms with van der Waals surface area (Å²) in [6, 6.07) is 2.17. The number of nitrogens with one attached hydrogen (secondary N) is 1. The maximum Gasteiger partial charge on any atom is 0.0239 e. The molecule has 2 heterocycles. The third kappa shape index (κ3) is 3.93. The monoisotopic (exact) mass is 267 g/mol. The lowest BCUT2D eigenvalue weighted by molar-refractivity contribution is 0.0412. The van der Waals surface area contributed by atoms with Crippen molar-refractivity contribution in [2.75, 3.05) is 26.2 Å². The molecule has 112 valence electrons. The van der Waals surface area contributed by atoms with Crippen molar-refractivity contribution in [3.05, 3.63) is 0 Å². The van der Waals surface area contributed by atoms with Gasteiger partial charge in [-0.05, 0) is 40.5 Å². The second-order valence-electron chi connectivity index (χ2n) is 7.55. The van der Waals surface area contributed by atoms with Gasteiger partial charge in [0, 0.05) is 49.8 Å². The van der Waals surface area contributed by atoms with Gasteiger partial charge in [0.05, 0.1) is 0 Å². The Morgan fingerprint density at radius 1 is 1.21 bits per heavy atom. The molecule has 3 heteroatoms. The van der Waals surface area contributed by atoms with E-state index in [4.69, 9.17) is 0 Å². The average molecular weight is 267 g/mol. The zero-order valence-corrected chi connectivity index (χ0v) is 13.6. The molecule has 2 rings (SSSR count). The molecule has 0 amide bonds. The van der Waals surface area contributed by atoms with Gasteiger partial charge in [0.1, 0.15) is 0 Å². The highest BCUT2D eigenvalue weighted by molar-refractivity contribution is 4.97. The van der Waals surface area contributed by atoms with E-state index in [9.17, 15) is 0 Å². The highest BCUT2D eigenvalue weighted by atomic mass is 15.3. The van der Waals surface area contributed by atoms with Crippen molar-refractivity contribution < 1.29 is 0 Å². The van der Waals surface area contributed by atoms with Gasteiger partial charge in [0.25, 0.3) is 0 Å². The lowest BCUT2D eigenvalue weighted by Crippen LogP contribution is -2.56. The lowest BCUT2D eigenvalue weighted by Gasteiger charge is -2.44. The van der Waals surface area contributed by atoms with E-state index in [1.54, 1.807) is 0 Å². The van der Waals surface area contributed by atoms with Crippen LogP contribution in [0.5, 0.6) is 0 Å². The molecule has 0 saturated carbocycles. The fourth-order valence-corrected chi connectivity index (χ4v) is 3.69. The molecule has 0 aromatic rings. The Kier molecular flexibility index (Phi) is 4.91. The van der Waals surface area contributed by atoms with Crippen LogP contribution in [0.2, 0.25) is 0 Å². The maximum atomic E-state index is 3.83. The molecule has 0 aromatic carbocycles. The number of hydrogen-bond donors (Lipinski definition) is 1. The number of nitrogens with zero attached hydrogens (tertiary/aromatic N) is 2. The standard InChI is InChI=1S/C16H33N3/c1-6-7-13(2)17-14-10-15-12-19(16(3,4)5)9-8-18(15)11-14/h13-15,17H,6-12H2,1-5H3. The average Bonchev–Trinajstić information content (AvgIpc) is 2.68. The fraction of sp³-hybridized carbons (Fsp3) is 1.00. The van der Waals surface area contributed by atoms with E-state index in [0.717, 1.165) is 6.04 Å². The molecule has 3 atom stereocenters. The van der Waals surface area contributed by atoms with Crippen LogP contribution in [0, 0.1) is 0 Å². The molecule has 2 saturated heterocycles. The van der Waals surface area contributed by atoms with Gasteiger partial charge in [-0.3, -0.25) is 9.80 Å². The van der Waals surface area contributed by atoms with Gasteiger partial charge in [0.15, 0.2) is 0 Å². The summed E-state index contributed by atoms with van der Waals surface area (Å²) in [7, 11) is 0. The van der Waals surface area contributed by atoms with E-state index in [1.165, 1.54) is 45.4 Å². The first kappa shape index (κ1) is 15.3. The molecule has 0 aromatic heterocycles. The van der Waals surface area contributed by atoms with Gasteiger partial charge in [-0.15, -0.1) is 0 Å². The molecule has 1 N–H and O–H groups in total. The summed E-state index contributed by atoms with van der Waals surface area (Å²) < 4.78 is 0. The fourth-order valence-electron chi connectivity index (χ4n) is 3.69. The molecule has 19 heavy (non-hydrogen) atoms. The van der Waals surface area contributed by atoms with Gasteiger partial charge in [-0.25, -0.2) is 0 Å². The van der Waals surface area contributed by atoms with Gasteiger partial charge in [0.2, 0.25) is 0 Å². The summed E-state index contributed by atoms with van der Waals surface area (Å²) in [5.41, 5.74) is 0.326. The first-order valence-corrected chi connectivity index (χ1v) is 8.15. The third-order valence-corrected chi connectivity index (χ3v) is 4.81. The van der Waals surface area contributed by atoms with Crippen molar-refractivity contribution >= 4 is 0 Å². The van der Waals surface area contributed by atoms with Crippen LogP contribution < -0.4 is 5.32 Å². The van der Waals surface area contributed by atoms with Crippen LogP contribution >= 0.6 is 0 Å². The molecular weight excluding hydrogens is 234 g/mol. The first-order chi connectivity index (χ1) is 8.90. The van der Waals surface area contributed by atoms with E-state index in [-0.39, 0.29) is 0 Å². The molecule has 0 radical (unpaired) electrons. The summed E-state index contributed by atoms with van der Waals surface area (Å²) in [6.07, 6.45) is 3.92. The predicted octanol–water partition coefficient (Wildman–Crippen LogP) is 2.32. The van der Waals surface area contributed by atoms with Gasteiger partial charge in [-0.1, -0.05) is 13.3 Å². The number of rotatable bonds is 4. The third-order valence-electron chi connectivity index (χ3n) is 4.81. The number of hydrogen-bond acceptors (Lipinski definition) is 3. The predicted molar refractivity (Wildman–Crippen MR) is 82.6 cm³/mol. The zero-order valence-electron chi connectivity index (χ0n) is 13.6. The van der Waals surface area contributed by atoms with E-state index in [1.807, 2.05) is 0 Å². The molecule has 2 fully saturated rings. The highest BCUT2D eigenvalue weighted by Gasteiger charge is 2.38. The molecule has 0 bridgehead atoms. The Balaban J connectivity index is 1.84. The van der Waals surface area contributed by atoms with Crippen LogP contribution in [0.1, 0.15) is 53.9 Å². The summed E-state index contributed by atoms with van der Waals surface area (Å²) >= 11 is 0. The Hall–Kier alpha value is -0.120. The van der Waals surface area contributed by atoms with Gasteiger partial charge in [-0.2, -0.15) is 0 Å². The van der Waals surface area contributed by atoms with Crippen molar-refractivity contribution in [2.24, 2.45) is 0 Å². The molecule has 3 unspecified atom stereocenters. The Morgan fingerprint density at radius 2 is 1.95 bits per heavy atom. The van der Waals surface area contributed by atoms with Crippen molar-refractivity contribution in [3.63, 3.8) is 0 Å². The van der Waals surface area contributed by atoms with Crippen LogP contribution in [0.4, 0.5) is 0 Å². The summed E-state index contributed by atoms with van der Waals surface area (Å²) in [5.74, 6) is 0. The Morgan fingerprint density at radius 3 is 2.58 bits per heavy atom. The lowest BCUT2D eigenvalue weighted by atomic mass is 10.0. The van der Waals surface area contributed by atoms with Crippen molar-refractivity contribution in [1.82, 2.24) is 15.1 Å². The second kappa shape index (κ2) is 6.11. The second-order valence-corrected chi connectivity index (χ2v) is 7.55. The van der Waals surface area contributed by atoms with Crippen LogP contribution in [0.3, 0.4) is 0 Å². The summed E-state index contributed by atoms with van der Waals surface area (Å²) in [4.78, 5) is 5.37. The van der Waals surface area contributed by atoms with Gasteiger partial charge >= 0.3 is 0 Å². The van der Waals surface area contributed by atoms with Gasteiger partial charge < -0.3 is 5.32 Å². The first-order valence-electron chi connectivity index (χ1n) is 8.15. The smallest absolute Gasteiger partial charge is 0.0239 e.